The third kappa shape index (κ3) is 3.07. The van der Waals surface area contributed by atoms with Gasteiger partial charge in [-0.2, -0.15) is 0 Å². The van der Waals surface area contributed by atoms with Gasteiger partial charge in [-0.05, 0) is 13.3 Å². The molecule has 1 atom stereocenters. The normalized spacial score (nSPS) is 20.3. The first-order valence-corrected chi connectivity index (χ1v) is 7.61. The lowest BCUT2D eigenvalue weighted by atomic mass is 9.95. The van der Waals surface area contributed by atoms with E-state index >= 15 is 0 Å². The van der Waals surface area contributed by atoms with Gasteiger partial charge >= 0.3 is 0 Å². The van der Waals surface area contributed by atoms with Crippen LogP contribution < -0.4 is 4.90 Å². The summed E-state index contributed by atoms with van der Waals surface area (Å²) in [4.78, 5) is 11.6. The SMILES string of the molecule is CCC1COCCN1c1nc(C(C)(C)C)nc(Cl)c1C. The van der Waals surface area contributed by atoms with Crippen molar-refractivity contribution in [1.29, 1.82) is 0 Å². The molecule has 0 saturated carbocycles. The number of aromatic nitrogens is 2. The molecule has 1 fully saturated rings. The minimum atomic E-state index is -0.111. The van der Waals surface area contributed by atoms with Gasteiger partial charge in [-0.15, -0.1) is 0 Å². The molecule has 0 N–H and O–H groups in total. The van der Waals surface area contributed by atoms with Crippen LogP contribution in [0.3, 0.4) is 0 Å². The van der Waals surface area contributed by atoms with Crippen LogP contribution in [0.2, 0.25) is 5.15 Å². The highest BCUT2D eigenvalue weighted by molar-refractivity contribution is 6.30. The van der Waals surface area contributed by atoms with Crippen molar-refractivity contribution < 1.29 is 4.74 Å². The topological polar surface area (TPSA) is 38.2 Å². The van der Waals surface area contributed by atoms with Crippen molar-refractivity contribution in [3.63, 3.8) is 0 Å². The third-order valence-corrected chi connectivity index (χ3v) is 4.07. The van der Waals surface area contributed by atoms with Gasteiger partial charge in [0.2, 0.25) is 0 Å². The maximum atomic E-state index is 6.33. The number of rotatable bonds is 2. The molecule has 2 heterocycles. The summed E-state index contributed by atoms with van der Waals surface area (Å²) in [5.41, 5.74) is 0.847. The highest BCUT2D eigenvalue weighted by Gasteiger charge is 2.27. The van der Waals surface area contributed by atoms with Crippen LogP contribution in [0.15, 0.2) is 0 Å². The molecule has 1 aromatic heterocycles. The number of hydrogen-bond donors (Lipinski definition) is 0. The molecular formula is C15H24ClN3O. The van der Waals surface area contributed by atoms with E-state index in [1.54, 1.807) is 0 Å². The Hall–Kier alpha value is -0.870. The highest BCUT2D eigenvalue weighted by atomic mass is 35.5. The molecule has 112 valence electrons. The molecule has 1 aliphatic rings. The van der Waals surface area contributed by atoms with Gasteiger partial charge in [0, 0.05) is 17.5 Å². The highest BCUT2D eigenvalue weighted by Crippen LogP contribution is 2.30. The van der Waals surface area contributed by atoms with Gasteiger partial charge in [-0.1, -0.05) is 39.3 Å². The summed E-state index contributed by atoms with van der Waals surface area (Å²) >= 11 is 6.33. The van der Waals surface area contributed by atoms with Crippen molar-refractivity contribution in [3.8, 4) is 0 Å². The van der Waals surface area contributed by atoms with Gasteiger partial charge in [0.1, 0.15) is 16.8 Å². The zero-order valence-corrected chi connectivity index (χ0v) is 13.8. The van der Waals surface area contributed by atoms with Gasteiger partial charge in [-0.3, -0.25) is 0 Å². The van der Waals surface area contributed by atoms with Crippen molar-refractivity contribution >= 4 is 17.4 Å². The van der Waals surface area contributed by atoms with Gasteiger partial charge < -0.3 is 9.64 Å². The Labute approximate surface area is 126 Å². The minimum Gasteiger partial charge on any atom is -0.377 e. The summed E-state index contributed by atoms with van der Waals surface area (Å²) < 4.78 is 5.57. The second-order valence-electron chi connectivity index (χ2n) is 6.37. The number of halogens is 1. The first-order chi connectivity index (χ1) is 9.34. The van der Waals surface area contributed by atoms with Gasteiger partial charge in [-0.25, -0.2) is 9.97 Å². The molecular weight excluding hydrogens is 274 g/mol. The minimum absolute atomic E-state index is 0.111. The van der Waals surface area contributed by atoms with E-state index < -0.39 is 0 Å². The van der Waals surface area contributed by atoms with E-state index in [1.807, 2.05) is 6.92 Å². The molecule has 0 spiro atoms. The Bertz CT molecular complexity index is 485. The van der Waals surface area contributed by atoms with Crippen LogP contribution in [-0.2, 0) is 10.2 Å². The molecule has 1 aliphatic heterocycles. The molecule has 1 unspecified atom stereocenters. The molecule has 4 nitrogen and oxygen atoms in total. The monoisotopic (exact) mass is 297 g/mol. The van der Waals surface area contributed by atoms with E-state index in [2.05, 4.69) is 37.6 Å². The largest absolute Gasteiger partial charge is 0.377 e. The Balaban J connectivity index is 2.46. The Morgan fingerprint density at radius 1 is 1.35 bits per heavy atom. The summed E-state index contributed by atoms with van der Waals surface area (Å²) in [7, 11) is 0. The first kappa shape index (κ1) is 15.5. The lowest BCUT2D eigenvalue weighted by Crippen LogP contribution is -2.46. The van der Waals surface area contributed by atoms with Crippen molar-refractivity contribution in [3.05, 3.63) is 16.5 Å². The molecule has 0 aromatic carbocycles. The summed E-state index contributed by atoms with van der Waals surface area (Å²) in [6.07, 6.45) is 1.03. The van der Waals surface area contributed by atoms with Crippen LogP contribution >= 0.6 is 11.6 Å². The summed E-state index contributed by atoms with van der Waals surface area (Å²) in [5, 5.41) is 0.557. The molecule has 0 aliphatic carbocycles. The predicted molar refractivity (Wildman–Crippen MR) is 82.7 cm³/mol. The van der Waals surface area contributed by atoms with E-state index in [4.69, 9.17) is 21.3 Å². The second-order valence-corrected chi connectivity index (χ2v) is 6.73. The third-order valence-electron chi connectivity index (χ3n) is 3.70. The number of nitrogens with zero attached hydrogens (tertiary/aromatic N) is 3. The fourth-order valence-corrected chi connectivity index (χ4v) is 2.53. The summed E-state index contributed by atoms with van der Waals surface area (Å²) in [6, 6.07) is 0.362. The van der Waals surface area contributed by atoms with Gasteiger partial charge in [0.15, 0.2) is 0 Å². The van der Waals surface area contributed by atoms with E-state index in [1.165, 1.54) is 0 Å². The zero-order chi connectivity index (χ0) is 14.9. The van der Waals surface area contributed by atoms with E-state index in [0.717, 1.165) is 43.4 Å². The molecule has 0 bridgehead atoms. The van der Waals surface area contributed by atoms with Crippen molar-refractivity contribution in [1.82, 2.24) is 9.97 Å². The lowest BCUT2D eigenvalue weighted by molar-refractivity contribution is 0.0924. The van der Waals surface area contributed by atoms with Crippen LogP contribution in [0.5, 0.6) is 0 Å². The molecule has 0 radical (unpaired) electrons. The fourth-order valence-electron chi connectivity index (χ4n) is 2.37. The van der Waals surface area contributed by atoms with Crippen LogP contribution in [0.4, 0.5) is 5.82 Å². The van der Waals surface area contributed by atoms with Crippen molar-refractivity contribution in [2.24, 2.45) is 0 Å². The van der Waals surface area contributed by atoms with Crippen LogP contribution in [0.1, 0.15) is 45.5 Å². The van der Waals surface area contributed by atoms with E-state index in [-0.39, 0.29) is 5.41 Å². The number of morpholine rings is 1. The van der Waals surface area contributed by atoms with E-state index in [0.29, 0.717) is 11.2 Å². The van der Waals surface area contributed by atoms with E-state index in [9.17, 15) is 0 Å². The molecule has 0 amide bonds. The van der Waals surface area contributed by atoms with Crippen molar-refractivity contribution in [2.45, 2.75) is 52.5 Å². The standard InChI is InChI=1S/C15H24ClN3O/c1-6-11-9-20-8-7-19(11)13-10(2)12(16)17-14(18-13)15(3,4)5/h11H,6-9H2,1-5H3. The molecule has 1 saturated heterocycles. The first-order valence-electron chi connectivity index (χ1n) is 7.23. The molecule has 5 heteroatoms. The number of anilines is 1. The molecule has 20 heavy (non-hydrogen) atoms. The predicted octanol–water partition coefficient (Wildman–Crippen LogP) is 3.35. The van der Waals surface area contributed by atoms with Crippen LogP contribution in [-0.4, -0.2) is 35.8 Å². The number of ether oxygens (including phenoxy) is 1. The Morgan fingerprint density at radius 2 is 2.05 bits per heavy atom. The summed E-state index contributed by atoms with van der Waals surface area (Å²) in [5.74, 6) is 1.76. The molecule has 1 aromatic rings. The lowest BCUT2D eigenvalue weighted by Gasteiger charge is -2.37. The maximum Gasteiger partial charge on any atom is 0.137 e. The van der Waals surface area contributed by atoms with Gasteiger partial charge in [0.05, 0.1) is 19.3 Å². The summed E-state index contributed by atoms with van der Waals surface area (Å²) in [6.45, 7) is 12.8. The van der Waals surface area contributed by atoms with Crippen LogP contribution in [0.25, 0.3) is 0 Å². The molecule has 2 rings (SSSR count). The Kier molecular flexibility index (Phi) is 4.55. The number of hydrogen-bond acceptors (Lipinski definition) is 4. The fraction of sp³-hybridized carbons (Fsp3) is 0.733. The average Bonchev–Trinajstić information content (AvgIpc) is 2.40. The quantitative estimate of drug-likeness (QED) is 0.785. The Morgan fingerprint density at radius 3 is 2.65 bits per heavy atom. The van der Waals surface area contributed by atoms with Crippen LogP contribution in [0, 0.1) is 6.92 Å². The van der Waals surface area contributed by atoms with Crippen molar-refractivity contribution in [2.75, 3.05) is 24.7 Å². The average molecular weight is 298 g/mol. The smallest absolute Gasteiger partial charge is 0.137 e. The van der Waals surface area contributed by atoms with Gasteiger partial charge in [0.25, 0.3) is 0 Å². The maximum absolute atomic E-state index is 6.33. The zero-order valence-electron chi connectivity index (χ0n) is 13.0. The second kappa shape index (κ2) is 5.86.